The zero-order chi connectivity index (χ0) is 15.0. The summed E-state index contributed by atoms with van der Waals surface area (Å²) in [6, 6.07) is 11.7. The van der Waals surface area contributed by atoms with E-state index in [1.807, 2.05) is 43.3 Å². The van der Waals surface area contributed by atoms with Gasteiger partial charge in [-0.2, -0.15) is 0 Å². The van der Waals surface area contributed by atoms with Crippen LogP contribution in [0.4, 0.5) is 0 Å². The third-order valence-corrected chi connectivity index (χ3v) is 3.56. The molecule has 1 heterocycles. The van der Waals surface area contributed by atoms with Gasteiger partial charge in [0.15, 0.2) is 0 Å². The van der Waals surface area contributed by atoms with Gasteiger partial charge in [-0.3, -0.25) is 4.79 Å². The van der Waals surface area contributed by atoms with Crippen LogP contribution in [-0.4, -0.2) is 16.7 Å². The number of fused-ring (bicyclic) bond motifs is 1. The lowest BCUT2D eigenvalue weighted by Gasteiger charge is -2.12. The molecule has 0 aliphatic heterocycles. The Morgan fingerprint density at radius 1 is 1.14 bits per heavy atom. The summed E-state index contributed by atoms with van der Waals surface area (Å²) in [6.45, 7) is 1.98. The maximum Gasteiger partial charge on any atom is 0.260 e. The van der Waals surface area contributed by atoms with Gasteiger partial charge in [0.2, 0.25) is 0 Å². The van der Waals surface area contributed by atoms with E-state index in [-0.39, 0.29) is 5.56 Å². The Bertz CT molecular complexity index is 882. The number of para-hydroxylation sites is 1. The molecule has 0 atom stereocenters. The smallest absolute Gasteiger partial charge is 0.260 e. The summed E-state index contributed by atoms with van der Waals surface area (Å²) in [5.74, 6) is 0.770. The molecule has 0 saturated heterocycles. The monoisotopic (exact) mass is 280 g/mol. The van der Waals surface area contributed by atoms with Crippen LogP contribution >= 0.6 is 0 Å². The van der Waals surface area contributed by atoms with E-state index in [9.17, 15) is 4.79 Å². The minimum Gasteiger partial charge on any atom is -0.496 e. The van der Waals surface area contributed by atoms with Gasteiger partial charge in [-0.25, -0.2) is 4.98 Å². The third-order valence-electron chi connectivity index (χ3n) is 3.56. The van der Waals surface area contributed by atoms with Gasteiger partial charge in [0.1, 0.15) is 5.75 Å². The maximum atomic E-state index is 12.3. The van der Waals surface area contributed by atoms with Crippen molar-refractivity contribution in [2.45, 2.75) is 6.92 Å². The molecule has 2 aromatic carbocycles. The summed E-state index contributed by atoms with van der Waals surface area (Å²) in [4.78, 5) is 16.8. The Labute approximate surface area is 122 Å². The van der Waals surface area contributed by atoms with E-state index in [0.717, 1.165) is 22.4 Å². The summed E-state index contributed by atoms with van der Waals surface area (Å²) >= 11 is 0. The number of hydrogen-bond donors (Lipinski definition) is 0. The minimum atomic E-state index is -0.0418. The molecular weight excluding hydrogens is 264 g/mol. The van der Waals surface area contributed by atoms with Gasteiger partial charge in [0.25, 0.3) is 5.56 Å². The molecule has 0 spiro atoms. The Morgan fingerprint density at radius 2 is 1.90 bits per heavy atom. The standard InChI is InChI=1S/C17H16N2O2/c1-11-8-13(12-6-4-5-7-15(12)21-3)16-14(9-11)17(20)19(2)10-18-16/h4-10H,1-3H3. The Balaban J connectivity index is 2.43. The fourth-order valence-corrected chi connectivity index (χ4v) is 2.54. The maximum absolute atomic E-state index is 12.3. The van der Waals surface area contributed by atoms with Crippen molar-refractivity contribution in [2.75, 3.05) is 7.11 Å². The van der Waals surface area contributed by atoms with E-state index >= 15 is 0 Å². The molecule has 0 saturated carbocycles. The first-order valence-corrected chi connectivity index (χ1v) is 6.71. The van der Waals surface area contributed by atoms with Crippen molar-refractivity contribution in [2.24, 2.45) is 7.05 Å². The number of nitrogens with zero attached hydrogens (tertiary/aromatic N) is 2. The molecule has 0 fully saturated rings. The van der Waals surface area contributed by atoms with E-state index in [1.54, 1.807) is 20.5 Å². The summed E-state index contributed by atoms with van der Waals surface area (Å²) in [6.07, 6.45) is 1.55. The molecule has 0 radical (unpaired) electrons. The molecule has 3 rings (SSSR count). The molecule has 0 unspecified atom stereocenters. The van der Waals surface area contributed by atoms with Crippen LogP contribution < -0.4 is 10.3 Å². The second kappa shape index (κ2) is 5.05. The zero-order valence-corrected chi connectivity index (χ0v) is 12.3. The average molecular weight is 280 g/mol. The molecule has 106 valence electrons. The first-order valence-electron chi connectivity index (χ1n) is 6.71. The molecule has 0 aliphatic rings. The number of hydrogen-bond acceptors (Lipinski definition) is 3. The van der Waals surface area contributed by atoms with Crippen molar-refractivity contribution in [1.82, 2.24) is 9.55 Å². The number of methoxy groups -OCH3 is 1. The molecule has 0 amide bonds. The van der Waals surface area contributed by atoms with Crippen LogP contribution in [0.1, 0.15) is 5.56 Å². The number of rotatable bonds is 2. The molecule has 4 nitrogen and oxygen atoms in total. The lowest BCUT2D eigenvalue weighted by Crippen LogP contribution is -2.17. The third kappa shape index (κ3) is 2.18. The second-order valence-corrected chi connectivity index (χ2v) is 5.07. The fourth-order valence-electron chi connectivity index (χ4n) is 2.54. The first kappa shape index (κ1) is 13.4. The van der Waals surface area contributed by atoms with E-state index in [2.05, 4.69) is 4.98 Å². The normalized spacial score (nSPS) is 10.8. The van der Waals surface area contributed by atoms with Crippen molar-refractivity contribution in [3.63, 3.8) is 0 Å². The summed E-state index contributed by atoms with van der Waals surface area (Å²) in [5, 5.41) is 0.626. The van der Waals surface area contributed by atoms with Crippen molar-refractivity contribution < 1.29 is 4.74 Å². The van der Waals surface area contributed by atoms with Crippen molar-refractivity contribution in [3.8, 4) is 16.9 Å². The van der Waals surface area contributed by atoms with Crippen LogP contribution in [0.2, 0.25) is 0 Å². The van der Waals surface area contributed by atoms with E-state index in [1.165, 1.54) is 4.57 Å². The van der Waals surface area contributed by atoms with Gasteiger partial charge >= 0.3 is 0 Å². The predicted molar refractivity (Wildman–Crippen MR) is 83.7 cm³/mol. The SMILES string of the molecule is COc1ccccc1-c1cc(C)cc2c(=O)n(C)cnc12. The van der Waals surface area contributed by atoms with E-state index in [0.29, 0.717) is 10.9 Å². The van der Waals surface area contributed by atoms with Crippen molar-refractivity contribution in [1.29, 1.82) is 0 Å². The highest BCUT2D eigenvalue weighted by molar-refractivity contribution is 5.95. The molecule has 21 heavy (non-hydrogen) atoms. The molecule has 1 aromatic heterocycles. The van der Waals surface area contributed by atoms with Crippen molar-refractivity contribution >= 4 is 10.9 Å². The van der Waals surface area contributed by atoms with Crippen molar-refractivity contribution in [3.05, 3.63) is 58.6 Å². The Morgan fingerprint density at radius 3 is 2.67 bits per heavy atom. The quantitative estimate of drug-likeness (QED) is 0.725. The lowest BCUT2D eigenvalue weighted by molar-refractivity contribution is 0.416. The minimum absolute atomic E-state index is 0.0418. The zero-order valence-electron chi connectivity index (χ0n) is 12.3. The highest BCUT2D eigenvalue weighted by Crippen LogP contribution is 2.33. The highest BCUT2D eigenvalue weighted by Gasteiger charge is 2.13. The van der Waals surface area contributed by atoms with Gasteiger partial charge in [-0.1, -0.05) is 18.2 Å². The number of aryl methyl sites for hydroxylation is 2. The molecule has 0 N–H and O–H groups in total. The molecule has 3 aromatic rings. The Hall–Kier alpha value is -2.62. The summed E-state index contributed by atoms with van der Waals surface area (Å²) in [7, 11) is 3.35. The van der Waals surface area contributed by atoms with Gasteiger partial charge < -0.3 is 9.30 Å². The number of ether oxygens (including phenoxy) is 1. The van der Waals surface area contributed by atoms with Crippen LogP contribution in [0.25, 0.3) is 22.0 Å². The summed E-state index contributed by atoms with van der Waals surface area (Å²) in [5.41, 5.74) is 3.54. The molecule has 4 heteroatoms. The molecule has 0 aliphatic carbocycles. The van der Waals surface area contributed by atoms with Gasteiger partial charge in [0.05, 0.1) is 24.3 Å². The van der Waals surface area contributed by atoms with Crippen LogP contribution in [0.15, 0.2) is 47.5 Å². The van der Waals surface area contributed by atoms with Gasteiger partial charge in [-0.15, -0.1) is 0 Å². The fraction of sp³-hybridized carbons (Fsp3) is 0.176. The Kier molecular flexibility index (Phi) is 3.22. The lowest BCUT2D eigenvalue weighted by atomic mass is 9.99. The van der Waals surface area contributed by atoms with Gasteiger partial charge in [-0.05, 0) is 30.7 Å². The predicted octanol–water partition coefficient (Wildman–Crippen LogP) is 2.92. The van der Waals surface area contributed by atoms with E-state index < -0.39 is 0 Å². The van der Waals surface area contributed by atoms with Crippen LogP contribution in [0, 0.1) is 6.92 Å². The largest absolute Gasteiger partial charge is 0.496 e. The van der Waals surface area contributed by atoms with Gasteiger partial charge in [0, 0.05) is 18.2 Å². The van der Waals surface area contributed by atoms with Crippen LogP contribution in [-0.2, 0) is 7.05 Å². The average Bonchev–Trinajstić information content (AvgIpc) is 2.50. The van der Waals surface area contributed by atoms with Crippen LogP contribution in [0.5, 0.6) is 5.75 Å². The highest BCUT2D eigenvalue weighted by atomic mass is 16.5. The first-order chi connectivity index (χ1) is 10.1. The number of benzene rings is 2. The second-order valence-electron chi connectivity index (χ2n) is 5.07. The van der Waals surface area contributed by atoms with Crippen LogP contribution in [0.3, 0.4) is 0 Å². The summed E-state index contributed by atoms with van der Waals surface area (Å²) < 4.78 is 6.93. The molecular formula is C17H16N2O2. The molecule has 0 bridgehead atoms. The van der Waals surface area contributed by atoms with E-state index in [4.69, 9.17) is 4.74 Å². The topological polar surface area (TPSA) is 44.1 Å². The number of aromatic nitrogens is 2.